The molecule has 0 aliphatic carbocycles. The van der Waals surface area contributed by atoms with Crippen LogP contribution in [0.2, 0.25) is 0 Å². The number of hydrogen-bond donors (Lipinski definition) is 1. The predicted molar refractivity (Wildman–Crippen MR) is 118 cm³/mol. The number of hydrogen-bond acceptors (Lipinski definition) is 2. The molecular weight excluding hydrogens is 427 g/mol. The summed E-state index contributed by atoms with van der Waals surface area (Å²) in [4.78, 5) is 13.4. The van der Waals surface area contributed by atoms with Gasteiger partial charge in [-0.1, -0.05) is 66.7 Å². The number of carbonyl (C=O) groups excluding carboxylic acids is 1. The maximum atomic E-state index is 13.4. The van der Waals surface area contributed by atoms with Crippen LogP contribution in [-0.2, 0) is 6.18 Å². The number of benzene rings is 3. The van der Waals surface area contributed by atoms with Crippen LogP contribution in [0.1, 0.15) is 38.8 Å². The third kappa shape index (κ3) is 4.65. The molecule has 7 heteroatoms. The van der Waals surface area contributed by atoms with Gasteiger partial charge in [-0.05, 0) is 35.4 Å². The van der Waals surface area contributed by atoms with E-state index in [9.17, 15) is 23.2 Å². The third-order valence-electron chi connectivity index (χ3n) is 5.21. The van der Waals surface area contributed by atoms with E-state index in [1.807, 2.05) is 66.7 Å². The van der Waals surface area contributed by atoms with E-state index in [-0.39, 0.29) is 16.9 Å². The fourth-order valence-corrected chi connectivity index (χ4v) is 3.65. The Morgan fingerprint density at radius 3 is 2.03 bits per heavy atom. The van der Waals surface area contributed by atoms with Crippen LogP contribution in [0, 0.1) is 11.3 Å². The van der Waals surface area contributed by atoms with E-state index in [0.717, 1.165) is 23.3 Å². The van der Waals surface area contributed by atoms with Crippen molar-refractivity contribution in [2.24, 2.45) is 0 Å². The molecule has 0 bridgehead atoms. The van der Waals surface area contributed by atoms with Gasteiger partial charge in [-0.2, -0.15) is 18.4 Å². The second kappa shape index (κ2) is 9.05. The van der Waals surface area contributed by atoms with Crippen LogP contribution in [0.5, 0.6) is 0 Å². The van der Waals surface area contributed by atoms with Crippen LogP contribution in [-0.4, -0.2) is 10.5 Å². The number of halogens is 3. The molecule has 1 amide bonds. The molecule has 164 valence electrons. The molecule has 3 aromatic carbocycles. The van der Waals surface area contributed by atoms with Crippen LogP contribution in [0.4, 0.5) is 13.2 Å². The Bertz CT molecular complexity index is 1270. The maximum absolute atomic E-state index is 13.4. The highest BCUT2D eigenvalue weighted by Crippen LogP contribution is 2.31. The Hall–Kier alpha value is -4.31. The normalized spacial score (nSPS) is 11.2. The zero-order valence-electron chi connectivity index (χ0n) is 17.3. The summed E-state index contributed by atoms with van der Waals surface area (Å²) in [6.07, 6.45) is -3.11. The molecule has 0 radical (unpaired) electrons. The van der Waals surface area contributed by atoms with Crippen molar-refractivity contribution >= 4 is 5.91 Å². The van der Waals surface area contributed by atoms with Gasteiger partial charge in [-0.3, -0.25) is 4.79 Å². The Morgan fingerprint density at radius 1 is 0.879 bits per heavy atom. The average molecular weight is 445 g/mol. The Morgan fingerprint density at radius 2 is 1.48 bits per heavy atom. The van der Waals surface area contributed by atoms with Gasteiger partial charge in [-0.25, -0.2) is 0 Å². The summed E-state index contributed by atoms with van der Waals surface area (Å²) in [6.45, 7) is 0. The predicted octanol–water partition coefficient (Wildman–Crippen LogP) is 5.89. The average Bonchev–Trinajstić information content (AvgIpc) is 3.27. The molecule has 1 N–H and O–H groups in total. The quantitative estimate of drug-likeness (QED) is 0.417. The molecule has 0 saturated carbocycles. The van der Waals surface area contributed by atoms with E-state index in [0.29, 0.717) is 0 Å². The molecule has 0 unspecified atom stereocenters. The minimum absolute atomic E-state index is 0.0336. The van der Waals surface area contributed by atoms with Gasteiger partial charge in [0.1, 0.15) is 11.8 Å². The van der Waals surface area contributed by atoms with E-state index in [4.69, 9.17) is 0 Å². The lowest BCUT2D eigenvalue weighted by Crippen LogP contribution is -2.31. The van der Waals surface area contributed by atoms with Gasteiger partial charge in [0.2, 0.25) is 0 Å². The molecule has 1 heterocycles. The number of carbonyl (C=O) groups is 1. The van der Waals surface area contributed by atoms with Crippen LogP contribution >= 0.6 is 0 Å². The first-order valence-corrected chi connectivity index (χ1v) is 10.1. The second-order valence-electron chi connectivity index (χ2n) is 7.34. The zero-order valence-corrected chi connectivity index (χ0v) is 17.3. The Balaban J connectivity index is 1.76. The number of alkyl halides is 3. The second-order valence-corrected chi connectivity index (χ2v) is 7.34. The zero-order chi connectivity index (χ0) is 23.4. The van der Waals surface area contributed by atoms with Crippen LogP contribution in [0.3, 0.4) is 0 Å². The molecule has 0 spiro atoms. The van der Waals surface area contributed by atoms with Gasteiger partial charge in [0, 0.05) is 11.9 Å². The summed E-state index contributed by atoms with van der Waals surface area (Å²) in [7, 11) is 0. The van der Waals surface area contributed by atoms with Crippen molar-refractivity contribution in [3.05, 3.63) is 125 Å². The van der Waals surface area contributed by atoms with Gasteiger partial charge < -0.3 is 9.88 Å². The number of nitrogens with one attached hydrogen (secondary N) is 1. The van der Waals surface area contributed by atoms with E-state index in [2.05, 4.69) is 5.32 Å². The summed E-state index contributed by atoms with van der Waals surface area (Å²) >= 11 is 0. The molecule has 33 heavy (non-hydrogen) atoms. The molecule has 4 nitrogen and oxygen atoms in total. The first-order valence-electron chi connectivity index (χ1n) is 10.1. The number of rotatable bonds is 5. The molecule has 1 aromatic heterocycles. The summed E-state index contributed by atoms with van der Waals surface area (Å²) < 4.78 is 41.0. The Kier molecular flexibility index (Phi) is 6.01. The minimum Gasteiger partial charge on any atom is -0.340 e. The minimum atomic E-state index is -4.53. The van der Waals surface area contributed by atoms with Crippen LogP contribution < -0.4 is 5.32 Å². The van der Waals surface area contributed by atoms with E-state index in [1.54, 1.807) is 0 Å². The molecule has 0 fully saturated rings. The largest absolute Gasteiger partial charge is 0.416 e. The van der Waals surface area contributed by atoms with Crippen molar-refractivity contribution in [2.45, 2.75) is 12.2 Å². The first-order chi connectivity index (χ1) is 15.9. The summed E-state index contributed by atoms with van der Waals surface area (Å²) in [6, 6.07) is 26.1. The maximum Gasteiger partial charge on any atom is 0.416 e. The van der Waals surface area contributed by atoms with Crippen molar-refractivity contribution in [1.29, 1.82) is 5.26 Å². The smallest absolute Gasteiger partial charge is 0.340 e. The first kappa shape index (κ1) is 21.9. The molecule has 0 atom stereocenters. The summed E-state index contributed by atoms with van der Waals surface area (Å²) in [5.74, 6) is -0.577. The van der Waals surface area contributed by atoms with Gasteiger partial charge >= 0.3 is 6.18 Å². The van der Waals surface area contributed by atoms with E-state index < -0.39 is 23.7 Å². The lowest BCUT2D eigenvalue weighted by Gasteiger charge is -2.21. The van der Waals surface area contributed by atoms with Crippen molar-refractivity contribution in [2.75, 3.05) is 0 Å². The van der Waals surface area contributed by atoms with E-state index in [1.165, 1.54) is 29.0 Å². The lowest BCUT2D eigenvalue weighted by molar-refractivity contribution is -0.137. The topological polar surface area (TPSA) is 57.8 Å². The molecule has 0 aliphatic rings. The van der Waals surface area contributed by atoms with Gasteiger partial charge in [0.15, 0.2) is 0 Å². The fourth-order valence-electron chi connectivity index (χ4n) is 3.65. The standard InChI is InChI=1S/C26H18F3N3O/c27-26(28,29)21-12-7-13-22(16-21)32-15-14-20(17-30)24(32)25(33)31-23(18-8-3-1-4-9-18)19-10-5-2-6-11-19/h1-16,23H,(H,31,33). The van der Waals surface area contributed by atoms with Gasteiger partial charge in [0.05, 0.1) is 17.2 Å². The number of nitrogens with zero attached hydrogens (tertiary/aromatic N) is 2. The molecular formula is C26H18F3N3O. The van der Waals surface area contributed by atoms with Crippen molar-refractivity contribution in [3.63, 3.8) is 0 Å². The number of nitriles is 1. The lowest BCUT2D eigenvalue weighted by atomic mass is 9.98. The molecule has 4 rings (SSSR count). The van der Waals surface area contributed by atoms with Crippen LogP contribution in [0.15, 0.2) is 97.2 Å². The SMILES string of the molecule is N#Cc1ccn(-c2cccc(C(F)(F)F)c2)c1C(=O)NC(c1ccccc1)c1ccccc1. The Labute approximate surface area is 188 Å². The molecule has 0 saturated heterocycles. The van der Waals surface area contributed by atoms with Crippen LogP contribution in [0.25, 0.3) is 5.69 Å². The fraction of sp³-hybridized carbons (Fsp3) is 0.0769. The highest BCUT2D eigenvalue weighted by Gasteiger charge is 2.31. The van der Waals surface area contributed by atoms with Crippen molar-refractivity contribution in [3.8, 4) is 11.8 Å². The molecule has 0 aliphatic heterocycles. The van der Waals surface area contributed by atoms with Gasteiger partial charge in [-0.15, -0.1) is 0 Å². The van der Waals surface area contributed by atoms with Gasteiger partial charge in [0.25, 0.3) is 5.91 Å². The highest BCUT2D eigenvalue weighted by molar-refractivity contribution is 5.96. The summed E-state index contributed by atoms with van der Waals surface area (Å²) in [5, 5.41) is 12.5. The third-order valence-corrected chi connectivity index (χ3v) is 5.21. The van der Waals surface area contributed by atoms with Crippen molar-refractivity contribution < 1.29 is 18.0 Å². The monoisotopic (exact) mass is 445 g/mol. The van der Waals surface area contributed by atoms with Crippen molar-refractivity contribution in [1.82, 2.24) is 9.88 Å². The number of amides is 1. The van der Waals surface area contributed by atoms with E-state index >= 15 is 0 Å². The number of aromatic nitrogens is 1. The highest BCUT2D eigenvalue weighted by atomic mass is 19.4. The molecule has 4 aromatic rings. The summed E-state index contributed by atoms with van der Waals surface area (Å²) in [5.41, 5.74) is 0.969.